The molecule has 1 aromatic carbocycles. The molecule has 18 heavy (non-hydrogen) atoms. The third kappa shape index (κ3) is 3.74. The Morgan fingerprint density at radius 3 is 2.83 bits per heavy atom. The summed E-state index contributed by atoms with van der Waals surface area (Å²) in [4.78, 5) is 5.24. The number of thioether (sulfide) groups is 1. The van der Waals surface area contributed by atoms with Gasteiger partial charge in [-0.2, -0.15) is 0 Å². The van der Waals surface area contributed by atoms with Crippen LogP contribution in [0.4, 0.5) is 10.2 Å². The standard InChI is InChI=1S/C14H15FN2S/c1-2-16-14-7-6-11(9-17-14)10-18-13-5-3-4-12(15)8-13/h3-9H,2,10H2,1H3,(H,16,17). The number of halogens is 1. The van der Waals surface area contributed by atoms with E-state index in [9.17, 15) is 4.39 Å². The largest absolute Gasteiger partial charge is 0.370 e. The average Bonchev–Trinajstić information content (AvgIpc) is 2.38. The number of aromatic nitrogens is 1. The van der Waals surface area contributed by atoms with Crippen molar-refractivity contribution in [3.05, 3.63) is 54.0 Å². The highest BCUT2D eigenvalue weighted by Gasteiger charge is 1.99. The monoisotopic (exact) mass is 262 g/mol. The van der Waals surface area contributed by atoms with Crippen LogP contribution < -0.4 is 5.32 Å². The number of hydrogen-bond donors (Lipinski definition) is 1. The van der Waals surface area contributed by atoms with Crippen LogP contribution in [-0.2, 0) is 5.75 Å². The minimum Gasteiger partial charge on any atom is -0.370 e. The van der Waals surface area contributed by atoms with Crippen LogP contribution in [0.3, 0.4) is 0 Å². The van der Waals surface area contributed by atoms with E-state index < -0.39 is 0 Å². The highest BCUT2D eigenvalue weighted by Crippen LogP contribution is 2.23. The Kier molecular flexibility index (Phi) is 4.59. The van der Waals surface area contributed by atoms with Crippen LogP contribution in [-0.4, -0.2) is 11.5 Å². The van der Waals surface area contributed by atoms with Crippen LogP contribution >= 0.6 is 11.8 Å². The van der Waals surface area contributed by atoms with E-state index in [1.54, 1.807) is 23.9 Å². The molecule has 1 aromatic heterocycles. The van der Waals surface area contributed by atoms with Crippen molar-refractivity contribution in [3.8, 4) is 0 Å². The van der Waals surface area contributed by atoms with E-state index in [0.717, 1.165) is 28.6 Å². The van der Waals surface area contributed by atoms with Gasteiger partial charge in [-0.1, -0.05) is 12.1 Å². The number of nitrogens with zero attached hydrogens (tertiary/aromatic N) is 1. The van der Waals surface area contributed by atoms with Gasteiger partial charge in [0, 0.05) is 23.4 Å². The van der Waals surface area contributed by atoms with Crippen molar-refractivity contribution in [3.63, 3.8) is 0 Å². The lowest BCUT2D eigenvalue weighted by Gasteiger charge is -2.04. The Balaban J connectivity index is 1.93. The van der Waals surface area contributed by atoms with Gasteiger partial charge in [0.1, 0.15) is 11.6 Å². The van der Waals surface area contributed by atoms with Crippen molar-refractivity contribution >= 4 is 17.6 Å². The van der Waals surface area contributed by atoms with Gasteiger partial charge in [0.25, 0.3) is 0 Å². The van der Waals surface area contributed by atoms with Crippen molar-refractivity contribution in [2.24, 2.45) is 0 Å². The van der Waals surface area contributed by atoms with E-state index in [2.05, 4.69) is 10.3 Å². The summed E-state index contributed by atoms with van der Waals surface area (Å²) in [6, 6.07) is 10.6. The van der Waals surface area contributed by atoms with Crippen LogP contribution in [0.15, 0.2) is 47.5 Å². The van der Waals surface area contributed by atoms with Crippen molar-refractivity contribution in [1.82, 2.24) is 4.98 Å². The van der Waals surface area contributed by atoms with E-state index in [1.165, 1.54) is 6.07 Å². The molecular formula is C14H15FN2S. The zero-order valence-electron chi connectivity index (χ0n) is 10.2. The molecule has 0 aliphatic carbocycles. The Bertz CT molecular complexity index is 499. The molecule has 0 aliphatic rings. The molecule has 0 aliphatic heterocycles. The van der Waals surface area contributed by atoms with Gasteiger partial charge in [-0.15, -0.1) is 11.8 Å². The molecule has 0 saturated carbocycles. The Morgan fingerprint density at radius 2 is 2.17 bits per heavy atom. The number of nitrogens with one attached hydrogen (secondary N) is 1. The van der Waals surface area contributed by atoms with Gasteiger partial charge in [0.15, 0.2) is 0 Å². The predicted molar refractivity (Wildman–Crippen MR) is 74.4 cm³/mol. The smallest absolute Gasteiger partial charge is 0.125 e. The van der Waals surface area contributed by atoms with Gasteiger partial charge in [0.2, 0.25) is 0 Å². The molecule has 0 unspecified atom stereocenters. The van der Waals surface area contributed by atoms with Crippen LogP contribution in [0.1, 0.15) is 12.5 Å². The highest BCUT2D eigenvalue weighted by molar-refractivity contribution is 7.98. The van der Waals surface area contributed by atoms with Crippen LogP contribution in [0.5, 0.6) is 0 Å². The summed E-state index contributed by atoms with van der Waals surface area (Å²) in [6.07, 6.45) is 1.85. The van der Waals surface area contributed by atoms with Gasteiger partial charge >= 0.3 is 0 Å². The summed E-state index contributed by atoms with van der Waals surface area (Å²) < 4.78 is 13.0. The first-order valence-electron chi connectivity index (χ1n) is 5.85. The van der Waals surface area contributed by atoms with E-state index in [1.807, 2.05) is 31.3 Å². The number of rotatable bonds is 5. The molecule has 2 nitrogen and oxygen atoms in total. The summed E-state index contributed by atoms with van der Waals surface area (Å²) in [5.41, 5.74) is 1.13. The summed E-state index contributed by atoms with van der Waals surface area (Å²) in [7, 11) is 0. The SMILES string of the molecule is CCNc1ccc(CSc2cccc(F)c2)cn1. The fourth-order valence-corrected chi connectivity index (χ4v) is 2.39. The molecule has 2 rings (SSSR count). The molecule has 94 valence electrons. The molecule has 0 amide bonds. The van der Waals surface area contributed by atoms with Crippen LogP contribution in [0, 0.1) is 5.82 Å². The van der Waals surface area contributed by atoms with Crippen molar-refractivity contribution in [2.75, 3.05) is 11.9 Å². The fourth-order valence-electron chi connectivity index (χ4n) is 1.52. The number of hydrogen-bond acceptors (Lipinski definition) is 3. The summed E-state index contributed by atoms with van der Waals surface area (Å²) >= 11 is 1.61. The van der Waals surface area contributed by atoms with Gasteiger partial charge in [-0.3, -0.25) is 0 Å². The van der Waals surface area contributed by atoms with Crippen molar-refractivity contribution < 1.29 is 4.39 Å². The maximum Gasteiger partial charge on any atom is 0.125 e. The Morgan fingerprint density at radius 1 is 1.28 bits per heavy atom. The van der Waals surface area contributed by atoms with E-state index in [4.69, 9.17) is 0 Å². The van der Waals surface area contributed by atoms with Gasteiger partial charge in [-0.05, 0) is 36.8 Å². The molecule has 0 bridgehead atoms. The normalized spacial score (nSPS) is 10.3. The van der Waals surface area contributed by atoms with Crippen molar-refractivity contribution in [1.29, 1.82) is 0 Å². The summed E-state index contributed by atoms with van der Waals surface area (Å²) in [5.74, 6) is 1.49. The average molecular weight is 262 g/mol. The highest BCUT2D eigenvalue weighted by atomic mass is 32.2. The fraction of sp³-hybridized carbons (Fsp3) is 0.214. The first-order chi connectivity index (χ1) is 8.78. The van der Waals surface area contributed by atoms with Gasteiger partial charge in [-0.25, -0.2) is 9.37 Å². The molecule has 0 fully saturated rings. The van der Waals surface area contributed by atoms with E-state index in [0.29, 0.717) is 0 Å². The topological polar surface area (TPSA) is 24.9 Å². The third-order valence-corrected chi connectivity index (χ3v) is 3.45. The number of benzene rings is 1. The zero-order valence-corrected chi connectivity index (χ0v) is 11.0. The molecule has 4 heteroatoms. The molecule has 0 radical (unpaired) electrons. The maximum absolute atomic E-state index is 13.0. The van der Waals surface area contributed by atoms with Crippen molar-refractivity contribution in [2.45, 2.75) is 17.6 Å². The molecule has 0 spiro atoms. The lowest BCUT2D eigenvalue weighted by atomic mass is 10.3. The molecule has 0 atom stereocenters. The zero-order chi connectivity index (χ0) is 12.8. The lowest BCUT2D eigenvalue weighted by molar-refractivity contribution is 0.624. The van der Waals surface area contributed by atoms with Gasteiger partial charge in [0.05, 0.1) is 0 Å². The predicted octanol–water partition coefficient (Wildman–Crippen LogP) is 3.94. The van der Waals surface area contributed by atoms with E-state index >= 15 is 0 Å². The first kappa shape index (κ1) is 12.9. The molecule has 1 heterocycles. The Hall–Kier alpha value is -1.55. The minimum absolute atomic E-state index is 0.194. The quantitative estimate of drug-likeness (QED) is 0.826. The maximum atomic E-state index is 13.0. The third-order valence-electron chi connectivity index (χ3n) is 2.38. The molecular weight excluding hydrogens is 247 g/mol. The molecule has 1 N–H and O–H groups in total. The molecule has 0 saturated heterocycles. The van der Waals surface area contributed by atoms with Crippen LogP contribution in [0.25, 0.3) is 0 Å². The summed E-state index contributed by atoms with van der Waals surface area (Å²) in [6.45, 7) is 2.90. The second kappa shape index (κ2) is 6.40. The lowest BCUT2D eigenvalue weighted by Crippen LogP contribution is -1.98. The van der Waals surface area contributed by atoms with Crippen LogP contribution in [0.2, 0.25) is 0 Å². The summed E-state index contributed by atoms with van der Waals surface area (Å²) in [5, 5.41) is 3.15. The first-order valence-corrected chi connectivity index (χ1v) is 6.83. The van der Waals surface area contributed by atoms with Gasteiger partial charge < -0.3 is 5.32 Å². The number of pyridine rings is 1. The molecule has 2 aromatic rings. The van der Waals surface area contributed by atoms with E-state index in [-0.39, 0.29) is 5.82 Å². The second-order valence-corrected chi connectivity index (χ2v) is 4.88. The second-order valence-electron chi connectivity index (χ2n) is 3.83. The number of anilines is 1. The minimum atomic E-state index is -0.194. The Labute approximate surface area is 111 Å².